The van der Waals surface area contributed by atoms with Crippen molar-refractivity contribution in [2.45, 2.75) is 62.3 Å². The summed E-state index contributed by atoms with van der Waals surface area (Å²) >= 11 is 0. The maximum atomic E-state index is 10.4. The molecule has 4 heteroatoms. The van der Waals surface area contributed by atoms with Gasteiger partial charge in [0.2, 0.25) is 0 Å². The average molecular weight is 425 g/mol. The number of hydrogen-bond donors (Lipinski definition) is 0. The number of allylic oxidation sites excluding steroid dienone is 8. The molecular weight excluding hydrogens is 392 g/mol. The molecule has 4 nitrogen and oxygen atoms in total. The molecule has 0 aromatic carbocycles. The molecule has 4 aliphatic carbocycles. The van der Waals surface area contributed by atoms with E-state index in [1.165, 1.54) is 0 Å². The first-order chi connectivity index (χ1) is 14.6. The lowest BCUT2D eigenvalue weighted by molar-refractivity contribution is 0.175. The molecule has 0 spiro atoms. The van der Waals surface area contributed by atoms with Crippen molar-refractivity contribution in [3.63, 3.8) is 0 Å². The van der Waals surface area contributed by atoms with Crippen molar-refractivity contribution in [2.24, 2.45) is 38.9 Å². The van der Waals surface area contributed by atoms with E-state index in [2.05, 4.69) is 92.7 Å². The minimum Gasteiger partial charge on any atom is -0.196 e. The molecule has 2 atom stereocenters. The largest absolute Gasteiger partial charge is 0.196 e. The van der Waals surface area contributed by atoms with E-state index in [0.29, 0.717) is 0 Å². The Morgan fingerprint density at radius 1 is 0.656 bits per heavy atom. The highest BCUT2D eigenvalue weighted by atomic mass is 14.7. The zero-order valence-electron chi connectivity index (χ0n) is 20.7. The van der Waals surface area contributed by atoms with Crippen LogP contribution in [0.5, 0.6) is 0 Å². The molecule has 0 radical (unpaired) electrons. The van der Waals surface area contributed by atoms with Gasteiger partial charge >= 0.3 is 0 Å². The van der Waals surface area contributed by atoms with Crippen molar-refractivity contribution >= 4 is 0 Å². The second kappa shape index (κ2) is 6.71. The van der Waals surface area contributed by atoms with Crippen molar-refractivity contribution in [1.82, 2.24) is 0 Å². The van der Waals surface area contributed by atoms with Crippen LogP contribution in [-0.2, 0) is 0 Å². The molecule has 4 rings (SSSR count). The van der Waals surface area contributed by atoms with Crippen LogP contribution in [0, 0.1) is 84.2 Å². The fourth-order valence-corrected chi connectivity index (χ4v) is 5.56. The Hall–Kier alpha value is -3.08. The second-order valence-corrected chi connectivity index (χ2v) is 12.4. The molecule has 2 bridgehead atoms. The van der Waals surface area contributed by atoms with Crippen LogP contribution in [0.15, 0.2) is 46.1 Å². The minimum absolute atomic E-state index is 0.181. The molecule has 0 amide bonds. The number of fused-ring (bicyclic) bond motifs is 1. The van der Waals surface area contributed by atoms with Crippen LogP contribution in [0.4, 0.5) is 0 Å². The Balaban J connectivity index is 2.60. The molecule has 32 heavy (non-hydrogen) atoms. The lowest BCUT2D eigenvalue weighted by Crippen LogP contribution is -2.52. The van der Waals surface area contributed by atoms with E-state index in [9.17, 15) is 21.0 Å². The van der Waals surface area contributed by atoms with Gasteiger partial charge in [0.15, 0.2) is 10.8 Å². The Bertz CT molecular complexity index is 1140. The van der Waals surface area contributed by atoms with E-state index in [1.54, 1.807) is 0 Å². The SMILES string of the molecule is CC(C)(C)C1=CC(C(C)(C)C)=C2C1=C[C@H]1C(C(C)(C)C)=C[C@@H]2C(C#N)(C#N)C1(C#N)C#N. The van der Waals surface area contributed by atoms with Crippen molar-refractivity contribution in [1.29, 1.82) is 21.0 Å². The Morgan fingerprint density at radius 3 is 1.50 bits per heavy atom. The van der Waals surface area contributed by atoms with E-state index < -0.39 is 22.7 Å². The lowest BCUT2D eigenvalue weighted by atomic mass is 9.48. The molecule has 0 saturated heterocycles. The molecule has 0 N–H and O–H groups in total. The molecule has 0 aromatic rings. The van der Waals surface area contributed by atoms with Crippen LogP contribution < -0.4 is 0 Å². The summed E-state index contributed by atoms with van der Waals surface area (Å²) < 4.78 is 0. The lowest BCUT2D eigenvalue weighted by Gasteiger charge is -2.47. The minimum atomic E-state index is -1.80. The van der Waals surface area contributed by atoms with Crippen molar-refractivity contribution < 1.29 is 0 Å². The van der Waals surface area contributed by atoms with Crippen molar-refractivity contribution in [2.75, 3.05) is 0 Å². The first-order valence-corrected chi connectivity index (χ1v) is 11.1. The third kappa shape index (κ3) is 2.83. The van der Waals surface area contributed by atoms with Gasteiger partial charge in [-0.3, -0.25) is 0 Å². The Kier molecular flexibility index (Phi) is 4.94. The highest BCUT2D eigenvalue weighted by Gasteiger charge is 2.68. The Labute approximate surface area is 192 Å². The van der Waals surface area contributed by atoms with Gasteiger partial charge in [0.25, 0.3) is 0 Å². The molecule has 0 saturated carbocycles. The summed E-state index contributed by atoms with van der Waals surface area (Å²) in [7, 11) is 0. The van der Waals surface area contributed by atoms with Crippen LogP contribution >= 0.6 is 0 Å². The topological polar surface area (TPSA) is 95.2 Å². The van der Waals surface area contributed by atoms with Gasteiger partial charge in [-0.1, -0.05) is 86.1 Å². The van der Waals surface area contributed by atoms with Crippen LogP contribution in [-0.4, -0.2) is 0 Å². The summed E-state index contributed by atoms with van der Waals surface area (Å²) in [6, 6.07) is 8.79. The second-order valence-electron chi connectivity index (χ2n) is 12.4. The van der Waals surface area contributed by atoms with Gasteiger partial charge in [0.05, 0.1) is 24.3 Å². The van der Waals surface area contributed by atoms with Gasteiger partial charge in [-0.25, -0.2) is 0 Å². The first kappa shape index (κ1) is 23.6. The van der Waals surface area contributed by atoms with Gasteiger partial charge in [0, 0.05) is 11.8 Å². The highest BCUT2D eigenvalue weighted by Crippen LogP contribution is 2.66. The molecular formula is C28H32N4. The van der Waals surface area contributed by atoms with E-state index in [1.807, 2.05) is 12.2 Å². The zero-order chi connectivity index (χ0) is 24.5. The molecule has 4 aliphatic rings. The predicted octanol–water partition coefficient (Wildman–Crippen LogP) is 6.54. The maximum Gasteiger partial charge on any atom is 0.186 e. The van der Waals surface area contributed by atoms with Crippen LogP contribution in [0.1, 0.15) is 62.3 Å². The third-order valence-corrected chi connectivity index (χ3v) is 7.23. The Morgan fingerprint density at radius 2 is 1.12 bits per heavy atom. The molecule has 164 valence electrons. The summed E-state index contributed by atoms with van der Waals surface area (Å²) in [6.45, 7) is 19.0. The summed E-state index contributed by atoms with van der Waals surface area (Å²) in [5.41, 5.74) is 0.731. The quantitative estimate of drug-likeness (QED) is 0.412. The zero-order valence-corrected chi connectivity index (χ0v) is 20.7. The fraction of sp³-hybridized carbons (Fsp3) is 0.571. The van der Waals surface area contributed by atoms with E-state index >= 15 is 0 Å². The third-order valence-electron chi connectivity index (χ3n) is 7.23. The van der Waals surface area contributed by atoms with E-state index in [4.69, 9.17) is 0 Å². The van der Waals surface area contributed by atoms with Crippen LogP contribution in [0.2, 0.25) is 0 Å². The number of nitrogens with zero attached hydrogens (tertiary/aromatic N) is 4. The van der Waals surface area contributed by atoms with Gasteiger partial charge in [0.1, 0.15) is 0 Å². The maximum absolute atomic E-state index is 10.4. The van der Waals surface area contributed by atoms with Gasteiger partial charge < -0.3 is 0 Å². The van der Waals surface area contributed by atoms with Crippen molar-refractivity contribution in [3.05, 3.63) is 46.1 Å². The van der Waals surface area contributed by atoms with E-state index in [0.717, 1.165) is 27.9 Å². The fourth-order valence-electron chi connectivity index (χ4n) is 5.56. The summed E-state index contributed by atoms with van der Waals surface area (Å²) in [5.74, 6) is -1.31. The van der Waals surface area contributed by atoms with E-state index in [-0.39, 0.29) is 16.2 Å². The number of rotatable bonds is 0. The molecule has 0 aliphatic heterocycles. The first-order valence-electron chi connectivity index (χ1n) is 11.1. The molecule has 0 unspecified atom stereocenters. The number of nitriles is 4. The van der Waals surface area contributed by atoms with Crippen LogP contribution in [0.25, 0.3) is 0 Å². The molecule has 0 aromatic heterocycles. The smallest absolute Gasteiger partial charge is 0.186 e. The van der Waals surface area contributed by atoms with Gasteiger partial charge in [-0.05, 0) is 38.5 Å². The summed E-state index contributed by atoms with van der Waals surface area (Å²) in [4.78, 5) is 0. The molecule has 0 heterocycles. The monoisotopic (exact) mass is 424 g/mol. The van der Waals surface area contributed by atoms with Gasteiger partial charge in [-0.15, -0.1) is 0 Å². The summed E-state index contributed by atoms with van der Waals surface area (Å²) in [5, 5.41) is 41.7. The molecule has 0 fully saturated rings. The predicted molar refractivity (Wildman–Crippen MR) is 124 cm³/mol. The van der Waals surface area contributed by atoms with Crippen LogP contribution in [0.3, 0.4) is 0 Å². The normalized spacial score (nSPS) is 25.8. The number of hydrogen-bond acceptors (Lipinski definition) is 4. The highest BCUT2D eigenvalue weighted by molar-refractivity contribution is 5.69. The van der Waals surface area contributed by atoms with Gasteiger partial charge in [-0.2, -0.15) is 21.0 Å². The average Bonchev–Trinajstić information content (AvgIpc) is 2.93. The van der Waals surface area contributed by atoms with Crippen molar-refractivity contribution in [3.8, 4) is 24.3 Å². The standard InChI is InChI=1S/C28H32N4/c1-24(2,3)18-11-21(26(7,8)9)23-17(18)10-20-19(25(4,5)6)12-22(23)28(15-31,16-32)27(20,13-29)14-30/h10-12,20,22H,1-9H3/t20-,22-/m0/s1. The summed E-state index contributed by atoms with van der Waals surface area (Å²) in [6.07, 6.45) is 6.28.